The molecule has 0 amide bonds. The van der Waals surface area contributed by atoms with Gasteiger partial charge in [0.05, 0.1) is 6.04 Å². The highest BCUT2D eigenvalue weighted by atomic mass is 79.9. The predicted molar refractivity (Wildman–Crippen MR) is 75.3 cm³/mol. The Morgan fingerprint density at radius 3 is 3.00 bits per heavy atom. The third-order valence-electron chi connectivity index (χ3n) is 2.42. The SMILES string of the molecule is CCCC(Nc1cc(Br)ncn1)c1cccs1. The molecule has 0 bridgehead atoms. The van der Waals surface area contributed by atoms with Gasteiger partial charge in [-0.3, -0.25) is 0 Å². The molecule has 2 heterocycles. The van der Waals surface area contributed by atoms with Crippen LogP contribution in [0, 0.1) is 0 Å². The van der Waals surface area contributed by atoms with Crippen LogP contribution < -0.4 is 5.32 Å². The van der Waals surface area contributed by atoms with Gasteiger partial charge in [0.15, 0.2) is 0 Å². The Labute approximate surface area is 113 Å². The van der Waals surface area contributed by atoms with Crippen molar-refractivity contribution in [3.63, 3.8) is 0 Å². The summed E-state index contributed by atoms with van der Waals surface area (Å²) in [5.74, 6) is 0.860. The molecule has 0 aliphatic carbocycles. The maximum Gasteiger partial charge on any atom is 0.130 e. The van der Waals surface area contributed by atoms with Gasteiger partial charge in [0, 0.05) is 10.9 Å². The van der Waals surface area contributed by atoms with Crippen LogP contribution in [0.3, 0.4) is 0 Å². The van der Waals surface area contributed by atoms with Crippen LogP contribution in [-0.4, -0.2) is 9.97 Å². The molecule has 1 N–H and O–H groups in total. The zero-order valence-corrected chi connectivity index (χ0v) is 12.0. The number of rotatable bonds is 5. The van der Waals surface area contributed by atoms with E-state index in [4.69, 9.17) is 0 Å². The molecule has 5 heteroatoms. The van der Waals surface area contributed by atoms with E-state index in [2.05, 4.69) is 55.7 Å². The highest BCUT2D eigenvalue weighted by molar-refractivity contribution is 9.10. The first-order chi connectivity index (χ1) is 8.29. The lowest BCUT2D eigenvalue weighted by molar-refractivity contribution is 0.684. The molecule has 0 aliphatic rings. The minimum Gasteiger partial charge on any atom is -0.362 e. The van der Waals surface area contributed by atoms with Gasteiger partial charge in [-0.1, -0.05) is 19.4 Å². The summed E-state index contributed by atoms with van der Waals surface area (Å²) in [4.78, 5) is 9.60. The van der Waals surface area contributed by atoms with Crippen LogP contribution in [-0.2, 0) is 0 Å². The van der Waals surface area contributed by atoms with Crippen LogP contribution in [0.4, 0.5) is 5.82 Å². The Bertz CT molecular complexity index is 459. The van der Waals surface area contributed by atoms with Crippen LogP contribution in [0.5, 0.6) is 0 Å². The first kappa shape index (κ1) is 12.5. The van der Waals surface area contributed by atoms with Gasteiger partial charge in [-0.05, 0) is 33.8 Å². The highest BCUT2D eigenvalue weighted by Crippen LogP contribution is 2.27. The number of thiophene rings is 1. The van der Waals surface area contributed by atoms with Crippen molar-refractivity contribution < 1.29 is 0 Å². The molecule has 2 aromatic rings. The van der Waals surface area contributed by atoms with Crippen molar-refractivity contribution >= 4 is 33.1 Å². The van der Waals surface area contributed by atoms with E-state index in [1.54, 1.807) is 17.7 Å². The molecular formula is C12H14BrN3S. The summed E-state index contributed by atoms with van der Waals surface area (Å²) in [6.45, 7) is 2.19. The van der Waals surface area contributed by atoms with E-state index in [9.17, 15) is 0 Å². The van der Waals surface area contributed by atoms with E-state index in [-0.39, 0.29) is 0 Å². The Balaban J connectivity index is 2.13. The number of hydrogen-bond donors (Lipinski definition) is 1. The van der Waals surface area contributed by atoms with Crippen molar-refractivity contribution in [3.05, 3.63) is 39.4 Å². The first-order valence-electron chi connectivity index (χ1n) is 5.57. The van der Waals surface area contributed by atoms with E-state index in [0.29, 0.717) is 6.04 Å². The molecule has 0 saturated heterocycles. The van der Waals surface area contributed by atoms with Gasteiger partial charge < -0.3 is 5.32 Å². The summed E-state index contributed by atoms with van der Waals surface area (Å²) < 4.78 is 0.802. The van der Waals surface area contributed by atoms with Crippen molar-refractivity contribution in [2.45, 2.75) is 25.8 Å². The van der Waals surface area contributed by atoms with E-state index in [1.807, 2.05) is 6.07 Å². The second-order valence-corrected chi connectivity index (χ2v) is 5.52. The molecule has 90 valence electrons. The fraction of sp³-hybridized carbons (Fsp3) is 0.333. The van der Waals surface area contributed by atoms with Crippen molar-refractivity contribution in [1.82, 2.24) is 9.97 Å². The highest BCUT2D eigenvalue weighted by Gasteiger charge is 2.12. The standard InChI is InChI=1S/C12H14BrN3S/c1-2-4-9(10-5-3-6-17-10)16-12-7-11(13)14-8-15-12/h3,5-9H,2,4H2,1H3,(H,14,15,16). The third kappa shape index (κ3) is 3.51. The second kappa shape index (κ2) is 6.12. The molecule has 0 radical (unpaired) electrons. The first-order valence-corrected chi connectivity index (χ1v) is 7.24. The van der Waals surface area contributed by atoms with Gasteiger partial charge in [0.2, 0.25) is 0 Å². The van der Waals surface area contributed by atoms with Gasteiger partial charge in [-0.15, -0.1) is 11.3 Å². The maximum atomic E-state index is 4.22. The number of halogens is 1. The topological polar surface area (TPSA) is 37.8 Å². The van der Waals surface area contributed by atoms with Gasteiger partial charge in [-0.2, -0.15) is 0 Å². The molecule has 17 heavy (non-hydrogen) atoms. The lowest BCUT2D eigenvalue weighted by Crippen LogP contribution is -2.10. The Kier molecular flexibility index (Phi) is 4.50. The smallest absolute Gasteiger partial charge is 0.130 e. The van der Waals surface area contributed by atoms with E-state index >= 15 is 0 Å². The molecule has 3 nitrogen and oxygen atoms in total. The average Bonchev–Trinajstić information content (AvgIpc) is 2.82. The number of anilines is 1. The zero-order chi connectivity index (χ0) is 12.1. The lowest BCUT2D eigenvalue weighted by Gasteiger charge is -2.17. The van der Waals surface area contributed by atoms with Crippen molar-refractivity contribution in [2.75, 3.05) is 5.32 Å². The summed E-state index contributed by atoms with van der Waals surface area (Å²) in [6, 6.07) is 6.48. The molecule has 1 atom stereocenters. The Hall–Kier alpha value is -0.940. The molecule has 0 fully saturated rings. The summed E-state index contributed by atoms with van der Waals surface area (Å²) in [7, 11) is 0. The summed E-state index contributed by atoms with van der Waals surface area (Å²) in [6.07, 6.45) is 3.80. The Morgan fingerprint density at radius 2 is 2.35 bits per heavy atom. The third-order valence-corrected chi connectivity index (χ3v) is 3.84. The molecule has 1 unspecified atom stereocenters. The minimum atomic E-state index is 0.335. The van der Waals surface area contributed by atoms with E-state index in [0.717, 1.165) is 23.3 Å². The molecule has 0 spiro atoms. The number of aromatic nitrogens is 2. The molecule has 2 aromatic heterocycles. The normalized spacial score (nSPS) is 12.4. The number of hydrogen-bond acceptors (Lipinski definition) is 4. The number of nitrogens with one attached hydrogen (secondary N) is 1. The molecule has 0 aliphatic heterocycles. The molecule has 0 aromatic carbocycles. The van der Waals surface area contributed by atoms with Gasteiger partial charge in [0.25, 0.3) is 0 Å². The average molecular weight is 312 g/mol. The van der Waals surface area contributed by atoms with Crippen molar-refractivity contribution in [1.29, 1.82) is 0 Å². The van der Waals surface area contributed by atoms with Crippen LogP contribution in [0.15, 0.2) is 34.5 Å². The number of nitrogens with zero attached hydrogens (tertiary/aromatic N) is 2. The summed E-state index contributed by atoms with van der Waals surface area (Å²) in [5.41, 5.74) is 0. The zero-order valence-electron chi connectivity index (χ0n) is 9.56. The summed E-state index contributed by atoms with van der Waals surface area (Å²) >= 11 is 5.13. The minimum absolute atomic E-state index is 0.335. The van der Waals surface area contributed by atoms with Crippen LogP contribution in [0.1, 0.15) is 30.7 Å². The predicted octanol–water partition coefficient (Wildman–Crippen LogP) is 4.25. The van der Waals surface area contributed by atoms with Gasteiger partial charge in [-0.25, -0.2) is 9.97 Å². The second-order valence-electron chi connectivity index (χ2n) is 3.73. The van der Waals surface area contributed by atoms with Crippen molar-refractivity contribution in [2.24, 2.45) is 0 Å². The lowest BCUT2D eigenvalue weighted by atomic mass is 10.1. The van der Waals surface area contributed by atoms with E-state index in [1.165, 1.54) is 4.88 Å². The summed E-state index contributed by atoms with van der Waals surface area (Å²) in [5, 5.41) is 5.56. The largest absolute Gasteiger partial charge is 0.362 e. The monoisotopic (exact) mass is 311 g/mol. The quantitative estimate of drug-likeness (QED) is 0.839. The van der Waals surface area contributed by atoms with Crippen molar-refractivity contribution in [3.8, 4) is 0 Å². The molecule has 2 rings (SSSR count). The van der Waals surface area contributed by atoms with Gasteiger partial charge in [0.1, 0.15) is 16.7 Å². The van der Waals surface area contributed by atoms with E-state index < -0.39 is 0 Å². The van der Waals surface area contributed by atoms with Crippen LogP contribution in [0.2, 0.25) is 0 Å². The Morgan fingerprint density at radius 1 is 1.47 bits per heavy atom. The fourth-order valence-electron chi connectivity index (χ4n) is 1.65. The molecular weight excluding hydrogens is 298 g/mol. The van der Waals surface area contributed by atoms with Crippen LogP contribution in [0.25, 0.3) is 0 Å². The van der Waals surface area contributed by atoms with Gasteiger partial charge >= 0.3 is 0 Å². The fourth-order valence-corrected chi connectivity index (χ4v) is 2.78. The maximum absolute atomic E-state index is 4.22. The van der Waals surface area contributed by atoms with Crippen LogP contribution >= 0.6 is 27.3 Å². The molecule has 0 saturated carbocycles.